The van der Waals surface area contributed by atoms with Crippen LogP contribution in [0.15, 0.2) is 83.4 Å². The van der Waals surface area contributed by atoms with Crippen LogP contribution in [0.5, 0.6) is 0 Å². The minimum atomic E-state index is -1.01. The molecule has 0 bridgehead atoms. The fraction of sp³-hybridized carbons (Fsp3) is 0.233. The van der Waals surface area contributed by atoms with Crippen LogP contribution in [-0.4, -0.2) is 17.2 Å². The summed E-state index contributed by atoms with van der Waals surface area (Å²) in [5.74, 6) is -0.557. The number of aliphatic carboxylic acids is 1. The van der Waals surface area contributed by atoms with Gasteiger partial charge in [0.05, 0.1) is 5.97 Å². The van der Waals surface area contributed by atoms with E-state index in [0.29, 0.717) is 30.0 Å². The Balaban J connectivity index is 0.00000294. The summed E-state index contributed by atoms with van der Waals surface area (Å²) in [6.07, 6.45) is 2.28. The molecule has 0 saturated heterocycles. The molecule has 1 heterocycles. The van der Waals surface area contributed by atoms with Crippen molar-refractivity contribution in [3.63, 3.8) is 0 Å². The van der Waals surface area contributed by atoms with Gasteiger partial charge < -0.3 is 19.2 Å². The van der Waals surface area contributed by atoms with Crippen LogP contribution in [0.4, 0.5) is 10.5 Å². The Morgan fingerprint density at radius 3 is 1.97 bits per heavy atom. The van der Waals surface area contributed by atoms with Gasteiger partial charge in [-0.15, -0.1) is 0 Å². The van der Waals surface area contributed by atoms with Crippen LogP contribution in [0.3, 0.4) is 0 Å². The molecule has 1 amide bonds. The van der Waals surface area contributed by atoms with Gasteiger partial charge in [-0.1, -0.05) is 84.0 Å². The van der Waals surface area contributed by atoms with E-state index in [0.717, 1.165) is 40.7 Å². The molecule has 38 heavy (non-hydrogen) atoms. The number of aromatic nitrogens is 1. The van der Waals surface area contributed by atoms with E-state index < -0.39 is 23.1 Å². The van der Waals surface area contributed by atoms with Crippen molar-refractivity contribution in [2.45, 2.75) is 43.6 Å². The summed E-state index contributed by atoms with van der Waals surface area (Å²) in [5, 5.41) is 18.4. The maximum atomic E-state index is 12.8. The van der Waals surface area contributed by atoms with Gasteiger partial charge >= 0.3 is 35.7 Å². The van der Waals surface area contributed by atoms with E-state index in [9.17, 15) is 14.7 Å². The van der Waals surface area contributed by atoms with E-state index in [2.05, 4.69) is 10.5 Å². The molecule has 0 radical (unpaired) electrons. The van der Waals surface area contributed by atoms with Gasteiger partial charge in [0.25, 0.3) is 0 Å². The maximum absolute atomic E-state index is 12.8. The van der Waals surface area contributed by atoms with Crippen LogP contribution in [0.1, 0.15) is 42.5 Å². The van der Waals surface area contributed by atoms with Crippen molar-refractivity contribution in [3.05, 3.63) is 95.7 Å². The van der Waals surface area contributed by atoms with Crippen LogP contribution >= 0.6 is 0 Å². The minimum absolute atomic E-state index is 0. The third kappa shape index (κ3) is 4.77. The van der Waals surface area contributed by atoms with Crippen molar-refractivity contribution in [2.24, 2.45) is 0 Å². The summed E-state index contributed by atoms with van der Waals surface area (Å²) < 4.78 is 11.4. The van der Waals surface area contributed by atoms with Gasteiger partial charge in [0.15, 0.2) is 5.76 Å². The molecule has 7 nitrogen and oxygen atoms in total. The molecule has 2 fully saturated rings. The second-order valence-electron chi connectivity index (χ2n) is 9.87. The largest absolute Gasteiger partial charge is 1.00 e. The van der Waals surface area contributed by atoms with Crippen molar-refractivity contribution in [1.82, 2.24) is 5.16 Å². The molecule has 186 valence electrons. The topological polar surface area (TPSA) is 104 Å². The van der Waals surface area contributed by atoms with Crippen LogP contribution < -0.4 is 40.0 Å². The van der Waals surface area contributed by atoms with Crippen LogP contribution in [0.25, 0.3) is 22.5 Å². The predicted molar refractivity (Wildman–Crippen MR) is 135 cm³/mol. The van der Waals surface area contributed by atoms with Gasteiger partial charge in [0, 0.05) is 11.0 Å². The van der Waals surface area contributed by atoms with E-state index in [-0.39, 0.29) is 29.6 Å². The number of ether oxygens (including phenoxy) is 1. The van der Waals surface area contributed by atoms with Crippen molar-refractivity contribution >= 4 is 17.7 Å². The number of aryl methyl sites for hydroxylation is 1. The average Bonchev–Trinajstić information content (AvgIpc) is 3.84. The SMILES string of the molecule is Cc1noc(-c2ccc(-c3ccc(C4(C(=O)[O-])CC4)cc3)cc2)c1NC(=O)OC1(c2ccccc2)CC1.[Na+]. The Bertz CT molecular complexity index is 1470. The van der Waals surface area contributed by atoms with E-state index >= 15 is 0 Å². The van der Waals surface area contributed by atoms with Gasteiger partial charge in [-0.05, 0) is 54.9 Å². The summed E-state index contributed by atoms with van der Waals surface area (Å²) in [5.41, 5.74) is 4.10. The standard InChI is InChI=1S/C30H26N2O5.Na/c1-19-25(31-28(35)36-30(17-18-30)24-5-3-2-4-6-24)26(37-32-19)22-9-7-20(8-10-22)21-11-13-23(14-12-21)29(15-16-29)27(33)34;/h2-14H,15-18H2,1H3,(H,31,35)(H,33,34);/q;+1/p-1. The quantitative estimate of drug-likeness (QED) is 0.378. The Kier molecular flexibility index (Phi) is 6.94. The number of anilines is 1. The summed E-state index contributed by atoms with van der Waals surface area (Å²) in [7, 11) is 0. The van der Waals surface area contributed by atoms with Crippen molar-refractivity contribution in [3.8, 4) is 22.5 Å². The Hall–Kier alpha value is -3.39. The number of carbonyl (C=O) groups excluding carboxylic acids is 2. The fourth-order valence-corrected chi connectivity index (χ4v) is 4.86. The van der Waals surface area contributed by atoms with E-state index in [1.54, 1.807) is 6.92 Å². The third-order valence-corrected chi connectivity index (χ3v) is 7.44. The molecule has 0 atom stereocenters. The first-order valence-electron chi connectivity index (χ1n) is 12.3. The zero-order valence-electron chi connectivity index (χ0n) is 21.3. The molecule has 2 aliphatic carbocycles. The second-order valence-corrected chi connectivity index (χ2v) is 9.87. The number of rotatable bonds is 7. The molecule has 2 saturated carbocycles. The number of carboxylic acid groups (broad SMARTS) is 1. The first kappa shape index (κ1) is 26.2. The number of benzene rings is 3. The summed E-state index contributed by atoms with van der Waals surface area (Å²) in [6, 6.07) is 25.0. The molecule has 0 unspecified atom stereocenters. The Labute approximate surface area is 242 Å². The molecule has 6 rings (SSSR count). The van der Waals surface area contributed by atoms with Gasteiger partial charge in [0.1, 0.15) is 17.0 Å². The number of hydrogen-bond donors (Lipinski definition) is 1. The molecule has 1 aromatic heterocycles. The van der Waals surface area contributed by atoms with Crippen LogP contribution in [0, 0.1) is 6.92 Å². The van der Waals surface area contributed by atoms with Gasteiger partial charge in [-0.25, -0.2) is 4.79 Å². The molecule has 8 heteroatoms. The number of amides is 1. The van der Waals surface area contributed by atoms with E-state index in [1.165, 1.54) is 0 Å². The van der Waals surface area contributed by atoms with Crippen LogP contribution in [-0.2, 0) is 20.5 Å². The number of hydrogen-bond acceptors (Lipinski definition) is 6. The van der Waals surface area contributed by atoms with Gasteiger partial charge in [-0.2, -0.15) is 0 Å². The fourth-order valence-electron chi connectivity index (χ4n) is 4.86. The van der Waals surface area contributed by atoms with Gasteiger partial charge in [0.2, 0.25) is 0 Å². The monoisotopic (exact) mass is 516 g/mol. The van der Waals surface area contributed by atoms with Gasteiger partial charge in [-0.3, -0.25) is 5.32 Å². The summed E-state index contributed by atoms with van der Waals surface area (Å²) in [6.45, 7) is 1.77. The smallest absolute Gasteiger partial charge is 0.549 e. The predicted octanol–water partition coefficient (Wildman–Crippen LogP) is 2.34. The van der Waals surface area contributed by atoms with Crippen molar-refractivity contribution < 1.29 is 53.5 Å². The molecule has 3 aromatic carbocycles. The first-order valence-corrected chi connectivity index (χ1v) is 12.3. The number of carbonyl (C=O) groups is 2. The number of carboxylic acids is 1. The van der Waals surface area contributed by atoms with Crippen LogP contribution in [0.2, 0.25) is 0 Å². The van der Waals surface area contributed by atoms with E-state index in [4.69, 9.17) is 9.26 Å². The molecule has 4 aromatic rings. The molecular formula is C30H25N2NaO5. The maximum Gasteiger partial charge on any atom is 1.00 e. The summed E-state index contributed by atoms with van der Waals surface area (Å²) in [4.78, 5) is 24.3. The zero-order valence-corrected chi connectivity index (χ0v) is 23.3. The second kappa shape index (κ2) is 10.1. The third-order valence-electron chi connectivity index (χ3n) is 7.44. The summed E-state index contributed by atoms with van der Waals surface area (Å²) >= 11 is 0. The van der Waals surface area contributed by atoms with Crippen molar-refractivity contribution in [2.75, 3.05) is 5.32 Å². The molecule has 1 N–H and O–H groups in total. The normalized spacial score (nSPS) is 16.1. The molecule has 0 aliphatic heterocycles. The average molecular weight is 517 g/mol. The Morgan fingerprint density at radius 1 is 0.842 bits per heavy atom. The number of nitrogens with zero attached hydrogens (tertiary/aromatic N) is 1. The minimum Gasteiger partial charge on any atom is -0.549 e. The first-order chi connectivity index (χ1) is 17.9. The number of nitrogens with one attached hydrogen (secondary N) is 1. The Morgan fingerprint density at radius 2 is 1.42 bits per heavy atom. The molecular weight excluding hydrogens is 491 g/mol. The zero-order chi connectivity index (χ0) is 25.6. The molecule has 2 aliphatic rings. The van der Waals surface area contributed by atoms with E-state index in [1.807, 2.05) is 78.9 Å². The van der Waals surface area contributed by atoms with Crippen molar-refractivity contribution in [1.29, 1.82) is 0 Å². The molecule has 0 spiro atoms.